The molecule has 1 N–H and O–H groups in total. The summed E-state index contributed by atoms with van der Waals surface area (Å²) in [6.45, 7) is -0.311. The number of anilines is 1. The summed E-state index contributed by atoms with van der Waals surface area (Å²) in [5.41, 5.74) is 1.56. The summed E-state index contributed by atoms with van der Waals surface area (Å²) < 4.78 is 5.00. The van der Waals surface area contributed by atoms with Gasteiger partial charge >= 0.3 is 5.97 Å². The van der Waals surface area contributed by atoms with Crippen LogP contribution in [0.1, 0.15) is 5.56 Å². The fourth-order valence-corrected chi connectivity index (χ4v) is 3.56. The molecule has 0 unspecified atom stereocenters. The molecule has 0 saturated carbocycles. The van der Waals surface area contributed by atoms with E-state index in [1.807, 2.05) is 12.1 Å². The predicted molar refractivity (Wildman–Crippen MR) is 104 cm³/mol. The van der Waals surface area contributed by atoms with Crippen molar-refractivity contribution in [2.75, 3.05) is 23.8 Å². The van der Waals surface area contributed by atoms with Crippen molar-refractivity contribution in [2.45, 2.75) is 11.4 Å². The molecule has 2 aromatic rings. The summed E-state index contributed by atoms with van der Waals surface area (Å²) in [5, 5.41) is 3.28. The van der Waals surface area contributed by atoms with Crippen LogP contribution < -0.4 is 10.2 Å². The summed E-state index contributed by atoms with van der Waals surface area (Å²) in [4.78, 5) is 38.4. The van der Waals surface area contributed by atoms with Crippen LogP contribution in [0.15, 0.2) is 53.4 Å². The minimum absolute atomic E-state index is 0.164. The number of benzene rings is 2. The molecule has 0 aromatic heterocycles. The van der Waals surface area contributed by atoms with Crippen LogP contribution in [0.4, 0.5) is 5.69 Å². The first kappa shape index (κ1) is 19.3. The van der Waals surface area contributed by atoms with E-state index in [9.17, 15) is 14.4 Å². The molecule has 6 nitrogen and oxygen atoms in total. The zero-order valence-electron chi connectivity index (χ0n) is 14.3. The van der Waals surface area contributed by atoms with Crippen molar-refractivity contribution in [2.24, 2.45) is 0 Å². The maximum atomic E-state index is 12.1. The van der Waals surface area contributed by atoms with E-state index >= 15 is 0 Å². The molecule has 27 heavy (non-hydrogen) atoms. The summed E-state index contributed by atoms with van der Waals surface area (Å²) in [6, 6.07) is 14.4. The molecule has 140 valence electrons. The number of carbonyl (C=O) groups excluding carboxylic acids is 3. The third-order valence-corrected chi connectivity index (χ3v) is 5.16. The number of ether oxygens (including phenoxy) is 1. The van der Waals surface area contributed by atoms with E-state index in [4.69, 9.17) is 16.3 Å². The zero-order valence-corrected chi connectivity index (χ0v) is 15.9. The van der Waals surface area contributed by atoms with E-state index in [2.05, 4.69) is 5.32 Å². The number of nitrogens with zero attached hydrogens (tertiary/aromatic N) is 1. The van der Waals surface area contributed by atoms with E-state index < -0.39 is 18.5 Å². The van der Waals surface area contributed by atoms with Crippen molar-refractivity contribution in [3.63, 3.8) is 0 Å². The highest BCUT2D eigenvalue weighted by molar-refractivity contribution is 8.00. The number of carbonyl (C=O) groups is 3. The Kier molecular flexibility index (Phi) is 6.36. The number of hydrogen-bond acceptors (Lipinski definition) is 5. The van der Waals surface area contributed by atoms with Crippen molar-refractivity contribution >= 4 is 46.8 Å². The average Bonchev–Trinajstić information content (AvgIpc) is 2.68. The molecule has 1 aliphatic heterocycles. The number of nitrogens with one attached hydrogen (secondary N) is 1. The molecule has 1 aliphatic rings. The second kappa shape index (κ2) is 8.92. The standard InChI is InChI=1S/C19H17ClN2O4S/c20-14-7-5-13(6-8-14)9-21-17(23)11-26-19(25)10-22-15-3-1-2-4-16(15)27-12-18(22)24/h1-8H,9-12H2,(H,21,23). The van der Waals surface area contributed by atoms with Crippen LogP contribution in [0.3, 0.4) is 0 Å². The quantitative estimate of drug-likeness (QED) is 0.749. The van der Waals surface area contributed by atoms with Gasteiger partial charge in [0, 0.05) is 16.5 Å². The lowest BCUT2D eigenvalue weighted by Crippen LogP contribution is -2.40. The smallest absolute Gasteiger partial charge is 0.326 e. The molecule has 2 amide bonds. The summed E-state index contributed by atoms with van der Waals surface area (Å²) in [5.74, 6) is -0.944. The maximum Gasteiger partial charge on any atom is 0.326 e. The molecule has 0 saturated heterocycles. The largest absolute Gasteiger partial charge is 0.454 e. The lowest BCUT2D eigenvalue weighted by Gasteiger charge is -2.27. The lowest BCUT2D eigenvalue weighted by atomic mass is 10.2. The van der Waals surface area contributed by atoms with E-state index in [0.717, 1.165) is 10.5 Å². The van der Waals surface area contributed by atoms with Crippen molar-refractivity contribution in [1.29, 1.82) is 0 Å². The van der Waals surface area contributed by atoms with Crippen LogP contribution >= 0.6 is 23.4 Å². The first-order valence-electron chi connectivity index (χ1n) is 8.22. The zero-order chi connectivity index (χ0) is 19.2. The van der Waals surface area contributed by atoms with Gasteiger partial charge in [-0.1, -0.05) is 35.9 Å². The molecule has 0 aliphatic carbocycles. The van der Waals surface area contributed by atoms with Gasteiger partial charge in [-0.15, -0.1) is 11.8 Å². The first-order chi connectivity index (χ1) is 13.0. The Morgan fingerprint density at radius 1 is 1.15 bits per heavy atom. The van der Waals surface area contributed by atoms with Crippen LogP contribution in [0.25, 0.3) is 0 Å². The van der Waals surface area contributed by atoms with E-state index in [0.29, 0.717) is 17.3 Å². The fourth-order valence-electron chi connectivity index (χ4n) is 2.50. The van der Waals surface area contributed by atoms with Gasteiger partial charge in [-0.3, -0.25) is 19.3 Å². The lowest BCUT2D eigenvalue weighted by molar-refractivity contribution is -0.147. The van der Waals surface area contributed by atoms with Gasteiger partial charge in [0.25, 0.3) is 5.91 Å². The molecule has 1 heterocycles. The minimum atomic E-state index is -0.633. The van der Waals surface area contributed by atoms with Gasteiger partial charge in [-0.25, -0.2) is 0 Å². The van der Waals surface area contributed by atoms with Crippen LogP contribution in [0, 0.1) is 0 Å². The molecule has 3 rings (SSSR count). The highest BCUT2D eigenvalue weighted by Gasteiger charge is 2.26. The number of amides is 2. The van der Waals surface area contributed by atoms with Gasteiger partial charge in [0.15, 0.2) is 6.61 Å². The Morgan fingerprint density at radius 2 is 1.89 bits per heavy atom. The van der Waals surface area contributed by atoms with E-state index in [-0.39, 0.29) is 18.2 Å². The average molecular weight is 405 g/mol. The fraction of sp³-hybridized carbons (Fsp3) is 0.211. The highest BCUT2D eigenvalue weighted by atomic mass is 35.5. The molecule has 0 bridgehead atoms. The Morgan fingerprint density at radius 3 is 2.67 bits per heavy atom. The predicted octanol–water partition coefficient (Wildman–Crippen LogP) is 2.64. The normalized spacial score (nSPS) is 13.1. The Bertz CT molecular complexity index is 857. The number of fused-ring (bicyclic) bond motifs is 1. The Labute approximate surface area is 165 Å². The molecule has 0 fully saturated rings. The first-order valence-corrected chi connectivity index (χ1v) is 9.58. The van der Waals surface area contributed by atoms with Gasteiger partial charge < -0.3 is 10.1 Å². The van der Waals surface area contributed by atoms with Crippen molar-refractivity contribution in [3.8, 4) is 0 Å². The number of hydrogen-bond donors (Lipinski definition) is 1. The van der Waals surface area contributed by atoms with Gasteiger partial charge in [0.1, 0.15) is 6.54 Å². The summed E-state index contributed by atoms with van der Waals surface area (Å²) in [7, 11) is 0. The topological polar surface area (TPSA) is 75.7 Å². The third-order valence-electron chi connectivity index (χ3n) is 3.86. The molecule has 0 spiro atoms. The van der Waals surface area contributed by atoms with Crippen LogP contribution in [-0.4, -0.2) is 36.7 Å². The number of halogens is 1. The summed E-state index contributed by atoms with van der Waals surface area (Å²) >= 11 is 7.24. The van der Waals surface area contributed by atoms with E-state index in [1.54, 1.807) is 36.4 Å². The molecule has 2 aromatic carbocycles. The molecule has 0 radical (unpaired) electrons. The van der Waals surface area contributed by atoms with Gasteiger partial charge in [-0.05, 0) is 29.8 Å². The molecule has 0 atom stereocenters. The molecular formula is C19H17ClN2O4S. The number of para-hydroxylation sites is 1. The summed E-state index contributed by atoms with van der Waals surface area (Å²) in [6.07, 6.45) is 0. The molecular weight excluding hydrogens is 388 g/mol. The van der Waals surface area contributed by atoms with Crippen molar-refractivity contribution in [1.82, 2.24) is 5.32 Å². The van der Waals surface area contributed by atoms with Crippen molar-refractivity contribution in [3.05, 3.63) is 59.1 Å². The number of thioether (sulfide) groups is 1. The Balaban J connectivity index is 1.47. The Hall–Kier alpha value is -2.51. The van der Waals surface area contributed by atoms with Crippen molar-refractivity contribution < 1.29 is 19.1 Å². The van der Waals surface area contributed by atoms with E-state index in [1.165, 1.54) is 16.7 Å². The second-order valence-corrected chi connectivity index (χ2v) is 7.25. The number of esters is 1. The maximum absolute atomic E-state index is 12.1. The van der Waals surface area contributed by atoms with Gasteiger partial charge in [0.2, 0.25) is 5.91 Å². The van der Waals surface area contributed by atoms with Gasteiger partial charge in [0.05, 0.1) is 11.4 Å². The minimum Gasteiger partial charge on any atom is -0.454 e. The van der Waals surface area contributed by atoms with Crippen LogP contribution in [0.5, 0.6) is 0 Å². The molecule has 8 heteroatoms. The van der Waals surface area contributed by atoms with Gasteiger partial charge in [-0.2, -0.15) is 0 Å². The van der Waals surface area contributed by atoms with Crippen LogP contribution in [-0.2, 0) is 25.7 Å². The number of rotatable bonds is 6. The third kappa shape index (κ3) is 5.24. The second-order valence-electron chi connectivity index (χ2n) is 5.80. The SMILES string of the molecule is O=C(COC(=O)CN1C(=O)CSc2ccccc21)NCc1ccc(Cl)cc1. The van der Waals surface area contributed by atoms with Crippen LogP contribution in [0.2, 0.25) is 5.02 Å². The monoisotopic (exact) mass is 404 g/mol. The highest BCUT2D eigenvalue weighted by Crippen LogP contribution is 2.34.